The van der Waals surface area contributed by atoms with Gasteiger partial charge in [-0.1, -0.05) is 17.3 Å². The molecule has 1 aliphatic rings. The molecule has 154 valence electrons. The summed E-state index contributed by atoms with van der Waals surface area (Å²) in [7, 11) is 0. The number of aryl methyl sites for hydroxylation is 2. The number of benzene rings is 2. The van der Waals surface area contributed by atoms with Gasteiger partial charge in [-0.25, -0.2) is 0 Å². The summed E-state index contributed by atoms with van der Waals surface area (Å²) in [6.45, 7) is 9.12. The number of rotatable bonds is 2. The van der Waals surface area contributed by atoms with Crippen LogP contribution < -0.4 is 0 Å². The van der Waals surface area contributed by atoms with Crippen molar-refractivity contribution in [2.24, 2.45) is 0 Å². The van der Waals surface area contributed by atoms with Crippen LogP contribution in [0.3, 0.4) is 0 Å². The third kappa shape index (κ3) is 2.99. The Bertz CT molecular complexity index is 1240. The third-order valence-electron chi connectivity index (χ3n) is 5.88. The molecule has 5 rings (SSSR count). The van der Waals surface area contributed by atoms with Crippen molar-refractivity contribution in [3.63, 3.8) is 0 Å². The molecule has 4 aromatic rings. The molecule has 1 N–H and O–H groups in total. The van der Waals surface area contributed by atoms with E-state index in [4.69, 9.17) is 9.26 Å². The molecule has 1 aliphatic heterocycles. The van der Waals surface area contributed by atoms with E-state index in [1.165, 1.54) is 0 Å². The van der Waals surface area contributed by atoms with E-state index in [1.54, 1.807) is 0 Å². The molecule has 2 aromatic heterocycles. The zero-order chi connectivity index (χ0) is 21.0. The summed E-state index contributed by atoms with van der Waals surface area (Å²) in [5.41, 5.74) is 5.66. The molecule has 0 bridgehead atoms. The van der Waals surface area contributed by atoms with E-state index in [9.17, 15) is 4.79 Å². The normalized spacial score (nSPS) is 19.7. The highest BCUT2D eigenvalue weighted by molar-refractivity contribution is 6.16. The summed E-state index contributed by atoms with van der Waals surface area (Å²) in [6, 6.07) is 12.1. The van der Waals surface area contributed by atoms with Crippen molar-refractivity contribution in [3.05, 3.63) is 53.4 Å². The summed E-state index contributed by atoms with van der Waals surface area (Å²) in [5, 5.41) is 6.24. The number of hydrogen-bond donors (Lipinski definition) is 1. The molecule has 2 aromatic carbocycles. The van der Waals surface area contributed by atoms with E-state index in [-0.39, 0.29) is 18.1 Å². The molecule has 0 aliphatic carbocycles. The minimum atomic E-state index is 0.0423. The van der Waals surface area contributed by atoms with Crippen LogP contribution in [0.5, 0.6) is 0 Å². The molecule has 0 radical (unpaired) electrons. The maximum absolute atomic E-state index is 13.2. The van der Waals surface area contributed by atoms with Gasteiger partial charge in [0.1, 0.15) is 5.76 Å². The van der Waals surface area contributed by atoms with Crippen LogP contribution in [0.25, 0.3) is 32.9 Å². The number of fused-ring (bicyclic) bond motifs is 3. The van der Waals surface area contributed by atoms with Crippen LogP contribution in [0.2, 0.25) is 0 Å². The minimum Gasteiger partial charge on any atom is -0.372 e. The van der Waals surface area contributed by atoms with E-state index in [0.717, 1.165) is 44.4 Å². The number of carbonyl (C=O) groups excluding carboxylic acids is 1. The number of carbonyl (C=O) groups is 1. The Morgan fingerprint density at radius 2 is 1.87 bits per heavy atom. The second-order valence-electron chi connectivity index (χ2n) is 8.28. The fourth-order valence-electron chi connectivity index (χ4n) is 4.69. The van der Waals surface area contributed by atoms with Crippen LogP contribution in [-0.2, 0) is 4.74 Å². The predicted octanol–water partition coefficient (Wildman–Crippen LogP) is 4.84. The monoisotopic (exact) mass is 403 g/mol. The topological polar surface area (TPSA) is 71.4 Å². The van der Waals surface area contributed by atoms with Gasteiger partial charge in [0, 0.05) is 46.0 Å². The van der Waals surface area contributed by atoms with Crippen LogP contribution in [0.15, 0.2) is 40.9 Å². The number of hydrogen-bond acceptors (Lipinski definition) is 4. The van der Waals surface area contributed by atoms with Gasteiger partial charge < -0.3 is 19.1 Å². The van der Waals surface area contributed by atoms with Gasteiger partial charge in [-0.2, -0.15) is 0 Å². The molecule has 2 atom stereocenters. The van der Waals surface area contributed by atoms with E-state index in [0.29, 0.717) is 18.7 Å². The second-order valence-corrected chi connectivity index (χ2v) is 8.28. The zero-order valence-corrected chi connectivity index (χ0v) is 17.7. The van der Waals surface area contributed by atoms with E-state index < -0.39 is 0 Å². The van der Waals surface area contributed by atoms with Crippen molar-refractivity contribution in [2.75, 3.05) is 13.1 Å². The van der Waals surface area contributed by atoms with Crippen LogP contribution in [-0.4, -0.2) is 46.2 Å². The number of aromatic nitrogens is 2. The number of morpholine rings is 1. The first-order chi connectivity index (χ1) is 14.4. The lowest BCUT2D eigenvalue weighted by Gasteiger charge is -2.35. The molecule has 1 saturated heterocycles. The van der Waals surface area contributed by atoms with Gasteiger partial charge in [-0.15, -0.1) is 0 Å². The Balaban J connectivity index is 1.65. The lowest BCUT2D eigenvalue weighted by molar-refractivity contribution is -0.0586. The van der Waals surface area contributed by atoms with Gasteiger partial charge in [0.25, 0.3) is 5.91 Å². The Kier molecular flexibility index (Phi) is 4.40. The van der Waals surface area contributed by atoms with Gasteiger partial charge in [-0.05, 0) is 57.5 Å². The van der Waals surface area contributed by atoms with E-state index in [1.807, 2.05) is 56.9 Å². The van der Waals surface area contributed by atoms with Gasteiger partial charge >= 0.3 is 0 Å². The van der Waals surface area contributed by atoms with E-state index in [2.05, 4.69) is 22.3 Å². The Labute approximate surface area is 174 Å². The average molecular weight is 403 g/mol. The lowest BCUT2D eigenvalue weighted by atomic mass is 9.97. The molecule has 6 nitrogen and oxygen atoms in total. The first-order valence-electron chi connectivity index (χ1n) is 10.3. The fraction of sp³-hybridized carbons (Fsp3) is 0.333. The van der Waals surface area contributed by atoms with Gasteiger partial charge in [0.15, 0.2) is 0 Å². The molecule has 2 unspecified atom stereocenters. The van der Waals surface area contributed by atoms with Crippen molar-refractivity contribution >= 4 is 27.7 Å². The molecule has 0 spiro atoms. The summed E-state index contributed by atoms with van der Waals surface area (Å²) < 4.78 is 11.2. The van der Waals surface area contributed by atoms with Crippen LogP contribution >= 0.6 is 0 Å². The summed E-state index contributed by atoms with van der Waals surface area (Å²) >= 11 is 0. The minimum absolute atomic E-state index is 0.0423. The Morgan fingerprint density at radius 1 is 1.10 bits per heavy atom. The largest absolute Gasteiger partial charge is 0.372 e. The number of amides is 1. The van der Waals surface area contributed by atoms with Gasteiger partial charge in [0.2, 0.25) is 0 Å². The van der Waals surface area contributed by atoms with Crippen LogP contribution in [0.1, 0.15) is 35.7 Å². The SMILES string of the molecule is Cc1noc(C)c1-c1cccc2[nH]c3ccc(C(=O)N4CC(C)OC(C)C4)cc3c12. The zero-order valence-electron chi connectivity index (χ0n) is 17.7. The lowest BCUT2D eigenvalue weighted by Crippen LogP contribution is -2.48. The first-order valence-corrected chi connectivity index (χ1v) is 10.3. The molecular weight excluding hydrogens is 378 g/mol. The van der Waals surface area contributed by atoms with Crippen molar-refractivity contribution in [3.8, 4) is 11.1 Å². The quantitative estimate of drug-likeness (QED) is 0.520. The maximum atomic E-state index is 13.2. The van der Waals surface area contributed by atoms with Crippen molar-refractivity contribution < 1.29 is 14.1 Å². The van der Waals surface area contributed by atoms with Crippen molar-refractivity contribution in [1.29, 1.82) is 0 Å². The average Bonchev–Trinajstić information content (AvgIpc) is 3.25. The highest BCUT2D eigenvalue weighted by Gasteiger charge is 2.27. The highest BCUT2D eigenvalue weighted by atomic mass is 16.5. The number of nitrogens with zero attached hydrogens (tertiary/aromatic N) is 2. The molecule has 30 heavy (non-hydrogen) atoms. The Hall–Kier alpha value is -3.12. The van der Waals surface area contributed by atoms with Gasteiger partial charge in [0.05, 0.1) is 17.9 Å². The van der Waals surface area contributed by atoms with Gasteiger partial charge in [-0.3, -0.25) is 4.79 Å². The number of H-pyrrole nitrogens is 1. The standard InChI is InChI=1S/C24H25N3O3/c1-13-11-27(12-14(2)29-13)24(28)17-8-9-20-19(10-17)23-18(6-5-7-21(23)25-20)22-15(3)26-30-16(22)4/h5-10,13-14,25H,11-12H2,1-4H3. The predicted molar refractivity (Wildman–Crippen MR) is 117 cm³/mol. The Morgan fingerprint density at radius 3 is 2.57 bits per heavy atom. The highest BCUT2D eigenvalue weighted by Crippen LogP contribution is 2.37. The molecule has 3 heterocycles. The van der Waals surface area contributed by atoms with E-state index >= 15 is 0 Å². The fourth-order valence-corrected chi connectivity index (χ4v) is 4.69. The van der Waals surface area contributed by atoms with Crippen LogP contribution in [0, 0.1) is 13.8 Å². The van der Waals surface area contributed by atoms with Crippen LogP contribution in [0.4, 0.5) is 0 Å². The maximum Gasteiger partial charge on any atom is 0.254 e. The number of aromatic amines is 1. The molecular formula is C24H25N3O3. The molecule has 1 amide bonds. The van der Waals surface area contributed by atoms with Crippen molar-refractivity contribution in [1.82, 2.24) is 15.0 Å². The third-order valence-corrected chi connectivity index (χ3v) is 5.88. The number of ether oxygens (including phenoxy) is 1. The smallest absolute Gasteiger partial charge is 0.254 e. The summed E-state index contributed by atoms with van der Waals surface area (Å²) in [4.78, 5) is 18.6. The van der Waals surface area contributed by atoms with Crippen molar-refractivity contribution in [2.45, 2.75) is 39.9 Å². The second kappa shape index (κ2) is 6.99. The molecule has 6 heteroatoms. The number of nitrogens with one attached hydrogen (secondary N) is 1. The molecule has 1 fully saturated rings. The first kappa shape index (κ1) is 18.9. The summed E-state index contributed by atoms with van der Waals surface area (Å²) in [5.74, 6) is 0.834. The summed E-state index contributed by atoms with van der Waals surface area (Å²) in [6.07, 6.45) is 0.0846. The molecule has 0 saturated carbocycles.